The van der Waals surface area contributed by atoms with Crippen molar-refractivity contribution in [3.63, 3.8) is 0 Å². The number of benzene rings is 1. The Kier molecular flexibility index (Phi) is 5.77. The Balaban J connectivity index is 2.85. The van der Waals surface area contributed by atoms with Gasteiger partial charge in [-0.25, -0.2) is 0 Å². The molecule has 0 saturated heterocycles. The van der Waals surface area contributed by atoms with Crippen LogP contribution in [0.1, 0.15) is 6.42 Å². The molecule has 98 valence electrons. The summed E-state index contributed by atoms with van der Waals surface area (Å²) in [5.41, 5.74) is 5.97. The molecule has 0 fully saturated rings. The van der Waals surface area contributed by atoms with Gasteiger partial charge in [0.2, 0.25) is 5.91 Å². The molecule has 5 nitrogen and oxygen atoms in total. The molecule has 1 aromatic rings. The maximum Gasteiger partial charge on any atom is 0.305 e. The van der Waals surface area contributed by atoms with Crippen molar-refractivity contribution in [3.8, 4) is 0 Å². The summed E-state index contributed by atoms with van der Waals surface area (Å²) in [7, 11) is 0. The van der Waals surface area contributed by atoms with E-state index in [1.807, 2.05) is 0 Å². The first-order chi connectivity index (χ1) is 8.31. The van der Waals surface area contributed by atoms with Gasteiger partial charge in [-0.2, -0.15) is 0 Å². The van der Waals surface area contributed by atoms with E-state index in [9.17, 15) is 9.59 Å². The highest BCUT2D eigenvalue weighted by molar-refractivity contribution is 9.11. The number of anilines is 1. The van der Waals surface area contributed by atoms with Crippen molar-refractivity contribution >= 4 is 65.4 Å². The lowest BCUT2D eigenvalue weighted by molar-refractivity contribution is -0.138. The van der Waals surface area contributed by atoms with Gasteiger partial charge in [0.25, 0.3) is 0 Å². The molecular weight excluding hydrogens is 436 g/mol. The highest BCUT2D eigenvalue weighted by Crippen LogP contribution is 2.34. The molecule has 18 heavy (non-hydrogen) atoms. The van der Waals surface area contributed by atoms with Crippen LogP contribution in [0.3, 0.4) is 0 Å². The van der Waals surface area contributed by atoms with Crippen LogP contribution in [0, 0.1) is 0 Å². The molecule has 1 unspecified atom stereocenters. The van der Waals surface area contributed by atoms with E-state index in [0.717, 1.165) is 4.47 Å². The van der Waals surface area contributed by atoms with E-state index in [1.165, 1.54) is 0 Å². The minimum absolute atomic E-state index is 0.419. The summed E-state index contributed by atoms with van der Waals surface area (Å²) in [4.78, 5) is 22.1. The zero-order valence-electron chi connectivity index (χ0n) is 8.91. The summed E-state index contributed by atoms with van der Waals surface area (Å²) in [5, 5.41) is 11.1. The van der Waals surface area contributed by atoms with Crippen LogP contribution >= 0.6 is 47.8 Å². The normalized spacial score (nSPS) is 12.0. The molecular formula is C10H9Br3N2O3. The van der Waals surface area contributed by atoms with Crippen molar-refractivity contribution in [2.24, 2.45) is 5.73 Å². The first kappa shape index (κ1) is 15.6. The molecule has 0 spiro atoms. The number of aliphatic carboxylic acids is 1. The number of carbonyl (C=O) groups excluding carboxylic acids is 1. The highest BCUT2D eigenvalue weighted by Gasteiger charge is 2.19. The SMILES string of the molecule is NC(CC(=O)O)C(=O)Nc1c(Br)cc(Br)cc1Br. The van der Waals surface area contributed by atoms with E-state index in [2.05, 4.69) is 53.1 Å². The number of carboxylic acids is 1. The van der Waals surface area contributed by atoms with E-state index in [-0.39, 0.29) is 0 Å². The van der Waals surface area contributed by atoms with Gasteiger partial charge in [0.05, 0.1) is 18.2 Å². The Hall–Kier alpha value is -0.440. The fourth-order valence-corrected chi connectivity index (χ4v) is 3.62. The monoisotopic (exact) mass is 442 g/mol. The van der Waals surface area contributed by atoms with Gasteiger partial charge in [-0.1, -0.05) is 15.9 Å². The second-order valence-electron chi connectivity index (χ2n) is 3.44. The second kappa shape index (κ2) is 6.65. The molecule has 0 aromatic heterocycles. The van der Waals surface area contributed by atoms with Crippen molar-refractivity contribution in [2.75, 3.05) is 5.32 Å². The maximum atomic E-state index is 11.7. The molecule has 0 aliphatic heterocycles. The number of amides is 1. The van der Waals surface area contributed by atoms with Crippen LogP contribution in [0.2, 0.25) is 0 Å². The molecule has 0 saturated carbocycles. The predicted molar refractivity (Wildman–Crippen MR) is 78.4 cm³/mol. The van der Waals surface area contributed by atoms with E-state index in [0.29, 0.717) is 14.6 Å². The zero-order chi connectivity index (χ0) is 13.9. The zero-order valence-corrected chi connectivity index (χ0v) is 13.7. The average molecular weight is 445 g/mol. The molecule has 1 atom stereocenters. The highest BCUT2D eigenvalue weighted by atomic mass is 79.9. The summed E-state index contributed by atoms with van der Waals surface area (Å²) in [6, 6.07) is 2.41. The first-order valence-electron chi connectivity index (χ1n) is 4.74. The van der Waals surface area contributed by atoms with Crippen LogP contribution in [0.4, 0.5) is 5.69 Å². The molecule has 1 rings (SSSR count). The Morgan fingerprint density at radius 2 is 1.78 bits per heavy atom. The van der Waals surface area contributed by atoms with Crippen LogP contribution in [0.25, 0.3) is 0 Å². The maximum absolute atomic E-state index is 11.7. The fourth-order valence-electron chi connectivity index (χ4n) is 1.16. The predicted octanol–water partition coefficient (Wildman–Crippen LogP) is 2.71. The van der Waals surface area contributed by atoms with Crippen molar-refractivity contribution in [3.05, 3.63) is 25.6 Å². The van der Waals surface area contributed by atoms with Crippen LogP contribution in [-0.2, 0) is 9.59 Å². The summed E-state index contributed by atoms with van der Waals surface area (Å²) in [6.45, 7) is 0. The molecule has 0 aliphatic rings. The fraction of sp³-hybridized carbons (Fsp3) is 0.200. The number of nitrogens with two attached hydrogens (primary N) is 1. The van der Waals surface area contributed by atoms with Gasteiger partial charge >= 0.3 is 5.97 Å². The summed E-state index contributed by atoms with van der Waals surface area (Å²) >= 11 is 9.89. The Bertz CT molecular complexity index is 470. The Morgan fingerprint density at radius 3 is 2.22 bits per heavy atom. The molecule has 1 aromatic carbocycles. The quantitative estimate of drug-likeness (QED) is 0.665. The van der Waals surface area contributed by atoms with Crippen molar-refractivity contribution < 1.29 is 14.7 Å². The van der Waals surface area contributed by atoms with Crippen LogP contribution in [-0.4, -0.2) is 23.0 Å². The standard InChI is InChI=1S/C10H9Br3N2O3/c11-4-1-5(12)9(6(13)2-4)15-10(18)7(14)3-8(16)17/h1-2,7H,3,14H2,(H,15,18)(H,16,17). The van der Waals surface area contributed by atoms with Crippen molar-refractivity contribution in [2.45, 2.75) is 12.5 Å². The minimum atomic E-state index is -1.12. The molecule has 0 heterocycles. The Morgan fingerprint density at radius 1 is 1.28 bits per heavy atom. The molecule has 4 N–H and O–H groups in total. The van der Waals surface area contributed by atoms with Gasteiger partial charge < -0.3 is 16.2 Å². The average Bonchev–Trinajstić information content (AvgIpc) is 2.21. The number of hydrogen-bond acceptors (Lipinski definition) is 3. The van der Waals surface area contributed by atoms with Crippen LogP contribution in [0.15, 0.2) is 25.6 Å². The topological polar surface area (TPSA) is 92.4 Å². The smallest absolute Gasteiger partial charge is 0.305 e. The van der Waals surface area contributed by atoms with Gasteiger partial charge in [-0.3, -0.25) is 9.59 Å². The lowest BCUT2D eigenvalue weighted by atomic mass is 10.2. The van der Waals surface area contributed by atoms with Crippen molar-refractivity contribution in [1.29, 1.82) is 0 Å². The van der Waals surface area contributed by atoms with Gasteiger partial charge in [0.1, 0.15) is 0 Å². The largest absolute Gasteiger partial charge is 0.481 e. The van der Waals surface area contributed by atoms with E-state index >= 15 is 0 Å². The molecule has 0 aliphatic carbocycles. The van der Waals surface area contributed by atoms with Crippen LogP contribution < -0.4 is 11.1 Å². The summed E-state index contributed by atoms with van der Waals surface area (Å²) < 4.78 is 2.13. The number of rotatable bonds is 4. The first-order valence-corrected chi connectivity index (χ1v) is 7.12. The van der Waals surface area contributed by atoms with E-state index < -0.39 is 24.3 Å². The molecule has 0 bridgehead atoms. The third-order valence-electron chi connectivity index (χ3n) is 1.99. The van der Waals surface area contributed by atoms with E-state index in [4.69, 9.17) is 10.8 Å². The van der Waals surface area contributed by atoms with Gasteiger partial charge in [0.15, 0.2) is 0 Å². The van der Waals surface area contributed by atoms with Gasteiger partial charge in [-0.05, 0) is 44.0 Å². The van der Waals surface area contributed by atoms with Crippen molar-refractivity contribution in [1.82, 2.24) is 0 Å². The van der Waals surface area contributed by atoms with Gasteiger partial charge in [0, 0.05) is 13.4 Å². The summed E-state index contributed by atoms with van der Waals surface area (Å²) in [6.07, 6.45) is -0.419. The summed E-state index contributed by atoms with van der Waals surface area (Å²) in [5.74, 6) is -1.67. The number of halogens is 3. The van der Waals surface area contributed by atoms with Gasteiger partial charge in [-0.15, -0.1) is 0 Å². The van der Waals surface area contributed by atoms with Crippen LogP contribution in [0.5, 0.6) is 0 Å². The minimum Gasteiger partial charge on any atom is -0.481 e. The Labute approximate surface area is 129 Å². The lowest BCUT2D eigenvalue weighted by Crippen LogP contribution is -2.37. The number of nitrogens with one attached hydrogen (secondary N) is 1. The third kappa shape index (κ3) is 4.34. The molecule has 1 amide bonds. The third-order valence-corrected chi connectivity index (χ3v) is 3.70. The number of hydrogen-bond donors (Lipinski definition) is 3. The van der Waals surface area contributed by atoms with E-state index in [1.54, 1.807) is 12.1 Å². The second-order valence-corrected chi connectivity index (χ2v) is 6.06. The molecule has 0 radical (unpaired) electrons. The number of carboxylic acid groups (broad SMARTS) is 1. The molecule has 8 heteroatoms. The lowest BCUT2D eigenvalue weighted by Gasteiger charge is -2.13. The number of carbonyl (C=O) groups is 2.